The number of rotatable bonds is 6. The highest BCUT2D eigenvalue weighted by atomic mass is 35.5. The van der Waals surface area contributed by atoms with E-state index in [2.05, 4.69) is 20.3 Å². The number of imidazole rings is 1. The molecule has 8 heteroatoms. The first-order chi connectivity index (χ1) is 13.7. The summed E-state index contributed by atoms with van der Waals surface area (Å²) >= 11 is 6.16. The van der Waals surface area contributed by atoms with E-state index in [1.165, 1.54) is 6.21 Å². The highest BCUT2D eigenvalue weighted by molar-refractivity contribution is 6.28. The quantitative estimate of drug-likeness (QED) is 0.377. The second-order valence-electron chi connectivity index (χ2n) is 6.13. The lowest BCUT2D eigenvalue weighted by Crippen LogP contribution is -2.02. The van der Waals surface area contributed by atoms with E-state index in [1.54, 1.807) is 13.4 Å². The Morgan fingerprint density at radius 1 is 1.11 bits per heavy atom. The third kappa shape index (κ3) is 3.65. The Morgan fingerprint density at radius 3 is 2.54 bits per heavy atom. The Bertz CT molecular complexity index is 1120. The average molecular weight is 393 g/mol. The number of halogens is 1. The number of nitrogens with zero attached hydrogens (tertiary/aromatic N) is 4. The van der Waals surface area contributed by atoms with Crippen LogP contribution in [-0.2, 0) is 6.54 Å². The van der Waals surface area contributed by atoms with Gasteiger partial charge in [0.05, 0.1) is 20.0 Å². The first-order valence-corrected chi connectivity index (χ1v) is 8.93. The molecule has 7 nitrogen and oxygen atoms in total. The van der Waals surface area contributed by atoms with Crippen LogP contribution in [0.25, 0.3) is 11.2 Å². The van der Waals surface area contributed by atoms with Crippen molar-refractivity contribution in [3.63, 3.8) is 0 Å². The van der Waals surface area contributed by atoms with Gasteiger partial charge in [-0.25, -0.2) is 4.98 Å². The van der Waals surface area contributed by atoms with Crippen molar-refractivity contribution in [3.05, 3.63) is 71.3 Å². The molecule has 2 aromatic carbocycles. The van der Waals surface area contributed by atoms with Gasteiger partial charge in [0.2, 0.25) is 5.28 Å². The van der Waals surface area contributed by atoms with E-state index in [-0.39, 0.29) is 5.28 Å². The van der Waals surface area contributed by atoms with Crippen LogP contribution in [0.2, 0.25) is 5.28 Å². The van der Waals surface area contributed by atoms with Gasteiger partial charge in [0.25, 0.3) is 0 Å². The summed E-state index contributed by atoms with van der Waals surface area (Å²) in [6.07, 6.45) is 3.02. The van der Waals surface area contributed by atoms with Gasteiger partial charge in [-0.1, -0.05) is 24.3 Å². The number of nitrogens with one attached hydrogen (secondary N) is 2. The van der Waals surface area contributed by atoms with Crippen LogP contribution in [0.15, 0.2) is 54.9 Å². The second-order valence-corrected chi connectivity index (χ2v) is 6.46. The summed E-state index contributed by atoms with van der Waals surface area (Å²) in [5, 5.41) is 10.7. The molecule has 0 amide bonds. The van der Waals surface area contributed by atoms with E-state index < -0.39 is 0 Å². The van der Waals surface area contributed by atoms with Crippen molar-refractivity contribution < 1.29 is 4.74 Å². The monoisotopic (exact) mass is 392 g/mol. The van der Waals surface area contributed by atoms with Crippen molar-refractivity contribution in [2.45, 2.75) is 6.54 Å². The Balaban J connectivity index is 1.66. The zero-order valence-electron chi connectivity index (χ0n) is 15.1. The van der Waals surface area contributed by atoms with Gasteiger partial charge in [0.15, 0.2) is 17.0 Å². The molecule has 0 spiro atoms. The van der Waals surface area contributed by atoms with Gasteiger partial charge in [-0.2, -0.15) is 9.97 Å². The number of aromatic nitrogens is 4. The highest BCUT2D eigenvalue weighted by Gasteiger charge is 2.13. The lowest BCUT2D eigenvalue weighted by molar-refractivity contribution is 0.414. The molecule has 28 heavy (non-hydrogen) atoms. The van der Waals surface area contributed by atoms with Crippen LogP contribution in [0.4, 0.5) is 11.5 Å². The Kier molecular flexibility index (Phi) is 4.90. The number of hydrogen-bond donors (Lipinski definition) is 2. The summed E-state index contributed by atoms with van der Waals surface area (Å²) in [7, 11) is 1.64. The molecule has 0 saturated carbocycles. The van der Waals surface area contributed by atoms with E-state index in [4.69, 9.17) is 21.7 Å². The van der Waals surface area contributed by atoms with E-state index in [1.807, 2.05) is 53.1 Å². The maximum atomic E-state index is 7.29. The van der Waals surface area contributed by atoms with Crippen LogP contribution < -0.4 is 10.1 Å². The summed E-state index contributed by atoms with van der Waals surface area (Å²) in [6.45, 7) is 0.599. The smallest absolute Gasteiger partial charge is 0.226 e. The van der Waals surface area contributed by atoms with Gasteiger partial charge < -0.3 is 20.0 Å². The van der Waals surface area contributed by atoms with E-state index in [0.717, 1.165) is 22.6 Å². The average Bonchev–Trinajstić information content (AvgIpc) is 3.12. The van der Waals surface area contributed by atoms with E-state index in [9.17, 15) is 0 Å². The minimum absolute atomic E-state index is 0.141. The lowest BCUT2D eigenvalue weighted by Gasteiger charge is -2.08. The SMILES string of the molecule is COc1ccc(Cn2cnc3c(Nc4ccc(C=N)cc4)nc(Cl)nc32)cc1. The maximum absolute atomic E-state index is 7.29. The van der Waals surface area contributed by atoms with E-state index in [0.29, 0.717) is 23.5 Å². The van der Waals surface area contributed by atoms with Crippen LogP contribution in [0, 0.1) is 5.41 Å². The van der Waals surface area contributed by atoms with Crippen LogP contribution >= 0.6 is 11.6 Å². The predicted molar refractivity (Wildman–Crippen MR) is 110 cm³/mol. The molecule has 2 heterocycles. The zero-order valence-corrected chi connectivity index (χ0v) is 15.8. The summed E-state index contributed by atoms with van der Waals surface area (Å²) < 4.78 is 7.12. The minimum Gasteiger partial charge on any atom is -0.497 e. The molecule has 2 N–H and O–H groups in total. The lowest BCUT2D eigenvalue weighted by atomic mass is 10.2. The number of ether oxygens (including phenoxy) is 1. The van der Waals surface area contributed by atoms with Gasteiger partial charge in [-0.15, -0.1) is 0 Å². The van der Waals surface area contributed by atoms with Crippen LogP contribution in [0.1, 0.15) is 11.1 Å². The summed E-state index contributed by atoms with van der Waals surface area (Å²) in [6, 6.07) is 15.3. The fourth-order valence-electron chi connectivity index (χ4n) is 2.85. The molecule has 0 aliphatic rings. The third-order valence-corrected chi connectivity index (χ3v) is 4.46. The third-order valence-electron chi connectivity index (χ3n) is 4.29. The van der Waals surface area contributed by atoms with Gasteiger partial charge in [-0.3, -0.25) is 0 Å². The topological polar surface area (TPSA) is 88.7 Å². The largest absolute Gasteiger partial charge is 0.497 e. The van der Waals surface area contributed by atoms with Crippen molar-refractivity contribution >= 4 is 40.5 Å². The molecular weight excluding hydrogens is 376 g/mol. The van der Waals surface area contributed by atoms with E-state index >= 15 is 0 Å². The van der Waals surface area contributed by atoms with Gasteiger partial charge in [0.1, 0.15) is 5.75 Å². The van der Waals surface area contributed by atoms with Gasteiger partial charge in [-0.05, 0) is 47.0 Å². The molecule has 0 aliphatic carbocycles. The van der Waals surface area contributed by atoms with Crippen LogP contribution in [0.5, 0.6) is 5.75 Å². The Morgan fingerprint density at radius 2 is 1.86 bits per heavy atom. The van der Waals surface area contributed by atoms with Crippen molar-refractivity contribution in [2.24, 2.45) is 0 Å². The maximum Gasteiger partial charge on any atom is 0.226 e. The Labute approximate surface area is 166 Å². The number of benzene rings is 2. The first-order valence-electron chi connectivity index (χ1n) is 8.55. The van der Waals surface area contributed by atoms with Crippen molar-refractivity contribution in [2.75, 3.05) is 12.4 Å². The second kappa shape index (κ2) is 7.66. The van der Waals surface area contributed by atoms with Gasteiger partial charge >= 0.3 is 0 Å². The molecule has 4 rings (SSSR count). The summed E-state index contributed by atoms with van der Waals surface area (Å²) in [4.78, 5) is 13.1. The summed E-state index contributed by atoms with van der Waals surface area (Å²) in [5.41, 5.74) is 4.02. The Hall–Kier alpha value is -3.45. The number of methoxy groups -OCH3 is 1. The fourth-order valence-corrected chi connectivity index (χ4v) is 3.01. The number of hydrogen-bond acceptors (Lipinski definition) is 6. The van der Waals surface area contributed by atoms with Gasteiger partial charge in [0, 0.05) is 11.9 Å². The zero-order chi connectivity index (χ0) is 19.5. The standard InChI is InChI=1S/C20H17ClN6O/c1-28-16-8-4-14(5-9-16)11-27-12-23-17-18(25-20(21)26-19(17)27)24-15-6-2-13(10-22)3-7-15/h2-10,12,22H,11H2,1H3,(H,24,25,26). The molecule has 0 atom stereocenters. The molecule has 0 saturated heterocycles. The number of fused-ring (bicyclic) bond motifs is 1. The minimum atomic E-state index is 0.141. The molecule has 0 fully saturated rings. The summed E-state index contributed by atoms with van der Waals surface area (Å²) in [5.74, 6) is 1.34. The molecule has 140 valence electrons. The first kappa shape index (κ1) is 17.9. The molecule has 0 unspecified atom stereocenters. The highest BCUT2D eigenvalue weighted by Crippen LogP contribution is 2.25. The molecule has 0 aliphatic heterocycles. The molecule has 0 bridgehead atoms. The van der Waals surface area contributed by atoms with Crippen LogP contribution in [-0.4, -0.2) is 32.8 Å². The van der Waals surface area contributed by atoms with Crippen molar-refractivity contribution in [3.8, 4) is 5.75 Å². The number of anilines is 2. The molecule has 2 aromatic heterocycles. The normalized spacial score (nSPS) is 10.8. The van der Waals surface area contributed by atoms with Crippen molar-refractivity contribution in [1.82, 2.24) is 19.5 Å². The predicted octanol–water partition coefficient (Wildman–Crippen LogP) is 4.28. The molecule has 4 aromatic rings. The van der Waals surface area contributed by atoms with Crippen LogP contribution in [0.3, 0.4) is 0 Å². The van der Waals surface area contributed by atoms with Crippen molar-refractivity contribution in [1.29, 1.82) is 5.41 Å². The fraction of sp³-hybridized carbons (Fsp3) is 0.100. The molecule has 0 radical (unpaired) electrons. The molecular formula is C20H17ClN6O.